The van der Waals surface area contributed by atoms with Gasteiger partial charge in [-0.05, 0) is 28.1 Å². The molecule has 0 saturated carbocycles. The molecule has 0 bridgehead atoms. The Labute approximate surface area is 97.9 Å². The maximum absolute atomic E-state index is 13.2. The zero-order chi connectivity index (χ0) is 11.7. The van der Waals surface area contributed by atoms with Crippen molar-refractivity contribution in [2.75, 3.05) is 0 Å². The number of oxazole rings is 1. The summed E-state index contributed by atoms with van der Waals surface area (Å²) in [5.41, 5.74) is 0.152. The third-order valence-electron chi connectivity index (χ3n) is 1.91. The van der Waals surface area contributed by atoms with Crippen molar-refractivity contribution in [1.29, 1.82) is 0 Å². The van der Waals surface area contributed by atoms with Gasteiger partial charge in [0, 0.05) is 0 Å². The van der Waals surface area contributed by atoms with Crippen LogP contribution < -0.4 is 0 Å². The summed E-state index contributed by atoms with van der Waals surface area (Å²) in [7, 11) is 0. The van der Waals surface area contributed by atoms with Gasteiger partial charge in [0.15, 0.2) is 5.69 Å². The lowest BCUT2D eigenvalue weighted by atomic mass is 10.2. The molecule has 1 aromatic carbocycles. The number of aromatic carboxylic acids is 1. The number of carboxylic acids is 1. The lowest BCUT2D eigenvalue weighted by Gasteiger charge is -1.99. The summed E-state index contributed by atoms with van der Waals surface area (Å²) in [6.07, 6.45) is 1.01. The van der Waals surface area contributed by atoms with Gasteiger partial charge in [-0.25, -0.2) is 14.2 Å². The molecule has 0 aliphatic rings. The molecule has 2 aromatic rings. The van der Waals surface area contributed by atoms with Gasteiger partial charge in [-0.2, -0.15) is 0 Å². The van der Waals surface area contributed by atoms with Crippen molar-refractivity contribution >= 4 is 21.9 Å². The molecule has 0 aliphatic heterocycles. The van der Waals surface area contributed by atoms with E-state index in [1.54, 1.807) is 6.07 Å². The highest BCUT2D eigenvalue weighted by Crippen LogP contribution is 2.29. The predicted molar refractivity (Wildman–Crippen MR) is 56.6 cm³/mol. The Morgan fingerprint density at radius 1 is 1.50 bits per heavy atom. The summed E-state index contributed by atoms with van der Waals surface area (Å²) < 4.78 is 18.3. The van der Waals surface area contributed by atoms with Crippen LogP contribution in [-0.4, -0.2) is 16.1 Å². The van der Waals surface area contributed by atoms with E-state index < -0.39 is 11.8 Å². The van der Waals surface area contributed by atoms with Gasteiger partial charge in [-0.3, -0.25) is 0 Å². The summed E-state index contributed by atoms with van der Waals surface area (Å²) in [4.78, 5) is 14.3. The Balaban J connectivity index is 2.50. The van der Waals surface area contributed by atoms with Crippen LogP contribution in [0.3, 0.4) is 0 Å². The quantitative estimate of drug-likeness (QED) is 0.921. The third kappa shape index (κ3) is 1.83. The monoisotopic (exact) mass is 285 g/mol. The molecule has 1 heterocycles. The number of hydrogen-bond acceptors (Lipinski definition) is 3. The van der Waals surface area contributed by atoms with Crippen LogP contribution in [0, 0.1) is 5.82 Å². The van der Waals surface area contributed by atoms with Crippen molar-refractivity contribution in [3.05, 3.63) is 40.4 Å². The van der Waals surface area contributed by atoms with Gasteiger partial charge in [0.2, 0.25) is 5.89 Å². The molecule has 1 N–H and O–H groups in total. The molecule has 0 amide bonds. The Morgan fingerprint density at radius 2 is 2.25 bits per heavy atom. The van der Waals surface area contributed by atoms with Crippen LogP contribution in [0.5, 0.6) is 0 Å². The Kier molecular flexibility index (Phi) is 2.74. The number of carboxylic acid groups (broad SMARTS) is 1. The van der Waals surface area contributed by atoms with Crippen LogP contribution >= 0.6 is 15.9 Å². The topological polar surface area (TPSA) is 63.3 Å². The second-order valence-corrected chi connectivity index (χ2v) is 3.74. The fourth-order valence-corrected chi connectivity index (χ4v) is 1.60. The Bertz CT molecular complexity index is 553. The normalized spacial score (nSPS) is 10.4. The van der Waals surface area contributed by atoms with Crippen LogP contribution in [0.15, 0.2) is 33.4 Å². The molecule has 0 aliphatic carbocycles. The summed E-state index contributed by atoms with van der Waals surface area (Å²) in [6.45, 7) is 0. The first-order chi connectivity index (χ1) is 7.59. The molecule has 2 rings (SSSR count). The maximum Gasteiger partial charge on any atom is 0.357 e. The van der Waals surface area contributed by atoms with Crippen molar-refractivity contribution in [3.8, 4) is 11.5 Å². The van der Waals surface area contributed by atoms with Crippen molar-refractivity contribution < 1.29 is 18.7 Å². The minimum Gasteiger partial charge on any atom is -0.476 e. The Morgan fingerprint density at radius 3 is 2.88 bits per heavy atom. The minimum atomic E-state index is -1.19. The average molecular weight is 286 g/mol. The van der Waals surface area contributed by atoms with Gasteiger partial charge in [-0.15, -0.1) is 0 Å². The smallest absolute Gasteiger partial charge is 0.357 e. The molecule has 0 spiro atoms. The van der Waals surface area contributed by atoms with Gasteiger partial charge < -0.3 is 9.52 Å². The number of rotatable bonds is 2. The third-order valence-corrected chi connectivity index (χ3v) is 2.71. The molecule has 0 fully saturated rings. The maximum atomic E-state index is 13.2. The summed E-state index contributed by atoms with van der Waals surface area (Å²) in [5, 5.41) is 8.66. The van der Waals surface area contributed by atoms with Crippen LogP contribution in [0.1, 0.15) is 10.5 Å². The first-order valence-corrected chi connectivity index (χ1v) is 5.02. The molecule has 6 heteroatoms. The predicted octanol–water partition coefficient (Wildman–Crippen LogP) is 2.94. The first-order valence-electron chi connectivity index (χ1n) is 4.23. The molecular weight excluding hydrogens is 281 g/mol. The van der Waals surface area contributed by atoms with Crippen molar-refractivity contribution in [2.24, 2.45) is 0 Å². The number of nitrogens with zero attached hydrogens (tertiary/aromatic N) is 1. The van der Waals surface area contributed by atoms with Gasteiger partial charge in [0.1, 0.15) is 12.1 Å². The number of halogens is 2. The molecule has 16 heavy (non-hydrogen) atoms. The van der Waals surface area contributed by atoms with Crippen molar-refractivity contribution in [2.45, 2.75) is 0 Å². The van der Waals surface area contributed by atoms with Crippen molar-refractivity contribution in [1.82, 2.24) is 4.98 Å². The SMILES string of the molecule is O=C(O)c1coc(-c2cccc(F)c2Br)n1. The molecule has 82 valence electrons. The fraction of sp³-hybridized carbons (Fsp3) is 0. The van der Waals surface area contributed by atoms with E-state index in [1.165, 1.54) is 12.1 Å². The second-order valence-electron chi connectivity index (χ2n) is 2.94. The van der Waals surface area contributed by atoms with Crippen molar-refractivity contribution in [3.63, 3.8) is 0 Å². The summed E-state index contributed by atoms with van der Waals surface area (Å²) in [6, 6.07) is 4.33. The fourth-order valence-electron chi connectivity index (χ4n) is 1.16. The van der Waals surface area contributed by atoms with E-state index in [0.29, 0.717) is 5.56 Å². The van der Waals surface area contributed by atoms with Gasteiger partial charge in [-0.1, -0.05) is 6.07 Å². The summed E-state index contributed by atoms with van der Waals surface area (Å²) in [5.74, 6) is -1.60. The molecule has 4 nitrogen and oxygen atoms in total. The van der Waals surface area contributed by atoms with Crippen LogP contribution in [-0.2, 0) is 0 Å². The number of carbonyl (C=O) groups is 1. The van der Waals surface area contributed by atoms with Gasteiger partial charge in [0.25, 0.3) is 0 Å². The first kappa shape index (κ1) is 10.8. The van der Waals surface area contributed by atoms with Gasteiger partial charge >= 0.3 is 5.97 Å². The highest BCUT2D eigenvalue weighted by atomic mass is 79.9. The highest BCUT2D eigenvalue weighted by Gasteiger charge is 2.15. The molecule has 0 atom stereocenters. The van der Waals surface area contributed by atoms with E-state index >= 15 is 0 Å². The van der Waals surface area contributed by atoms with Crippen LogP contribution in [0.25, 0.3) is 11.5 Å². The van der Waals surface area contributed by atoms with E-state index in [1.807, 2.05) is 0 Å². The summed E-state index contributed by atoms with van der Waals surface area (Å²) >= 11 is 3.04. The molecule has 0 saturated heterocycles. The molecule has 0 radical (unpaired) electrons. The largest absolute Gasteiger partial charge is 0.476 e. The number of aromatic nitrogens is 1. The standard InChI is InChI=1S/C10H5BrFNO3/c11-8-5(2-1-3-6(8)12)9-13-7(4-16-9)10(14)15/h1-4H,(H,14,15). The highest BCUT2D eigenvalue weighted by molar-refractivity contribution is 9.10. The van der Waals surface area contributed by atoms with E-state index in [2.05, 4.69) is 20.9 Å². The van der Waals surface area contributed by atoms with Gasteiger partial charge in [0.05, 0.1) is 10.0 Å². The Hall–Kier alpha value is -1.69. The van der Waals surface area contributed by atoms with Crippen LogP contribution in [0.2, 0.25) is 0 Å². The van der Waals surface area contributed by atoms with E-state index in [4.69, 9.17) is 9.52 Å². The lowest BCUT2D eigenvalue weighted by Crippen LogP contribution is -1.95. The zero-order valence-electron chi connectivity index (χ0n) is 7.78. The van der Waals surface area contributed by atoms with E-state index in [-0.39, 0.29) is 16.1 Å². The number of benzene rings is 1. The van der Waals surface area contributed by atoms with E-state index in [9.17, 15) is 9.18 Å². The zero-order valence-corrected chi connectivity index (χ0v) is 9.36. The van der Waals surface area contributed by atoms with Crippen LogP contribution in [0.4, 0.5) is 4.39 Å². The molecule has 0 unspecified atom stereocenters. The van der Waals surface area contributed by atoms with E-state index in [0.717, 1.165) is 6.26 Å². The molecular formula is C10H5BrFNO3. The average Bonchev–Trinajstić information content (AvgIpc) is 2.71. The minimum absolute atomic E-state index is 0.0591. The molecule has 1 aromatic heterocycles. The lowest BCUT2D eigenvalue weighted by molar-refractivity contribution is 0.0690. The second kappa shape index (κ2) is 4.05. The number of hydrogen-bond donors (Lipinski definition) is 1.